The van der Waals surface area contributed by atoms with Gasteiger partial charge in [0.2, 0.25) is 5.91 Å². The zero-order valence-corrected chi connectivity index (χ0v) is 29.2. The number of aliphatic hydroxyl groups excluding tert-OH is 2. The van der Waals surface area contributed by atoms with Crippen molar-refractivity contribution in [3.05, 3.63) is 0 Å². The Morgan fingerprint density at radius 3 is 2.54 bits per heavy atom. The summed E-state index contributed by atoms with van der Waals surface area (Å²) in [5.74, 6) is 2.26. The second kappa shape index (κ2) is 10.9. The van der Waals surface area contributed by atoms with Crippen LogP contribution in [0.1, 0.15) is 118 Å². The molecule has 8 fully saturated rings. The van der Waals surface area contributed by atoms with Crippen molar-refractivity contribution in [3.8, 4) is 0 Å². The number of nitrogens with zero attached hydrogens (tertiary/aromatic N) is 1. The quantitative estimate of drug-likeness (QED) is 0.357. The highest BCUT2D eigenvalue weighted by atomic mass is 16.7. The maximum atomic E-state index is 12.9. The van der Waals surface area contributed by atoms with Crippen LogP contribution in [0, 0.1) is 51.2 Å². The van der Waals surface area contributed by atoms with Crippen LogP contribution in [-0.4, -0.2) is 83.1 Å². The molecule has 4 unspecified atom stereocenters. The van der Waals surface area contributed by atoms with E-state index in [4.69, 9.17) is 19.9 Å². The molecule has 1 amide bonds. The minimum Gasteiger partial charge on any atom is -0.390 e. The molecule has 260 valence electrons. The third-order valence-electron chi connectivity index (χ3n) is 16.1. The minimum absolute atomic E-state index is 0.0125. The van der Waals surface area contributed by atoms with Crippen molar-refractivity contribution in [2.45, 2.75) is 160 Å². The van der Waals surface area contributed by atoms with E-state index < -0.39 is 17.7 Å². The average Bonchev–Trinajstić information content (AvgIpc) is 3.94. The maximum absolute atomic E-state index is 12.9. The summed E-state index contributed by atoms with van der Waals surface area (Å²) >= 11 is 0. The van der Waals surface area contributed by atoms with E-state index in [0.717, 1.165) is 51.4 Å². The lowest BCUT2D eigenvalue weighted by Crippen LogP contribution is -2.70. The number of ether oxygens (including phenoxy) is 3. The molecule has 0 aromatic rings. The molecule has 2 spiro atoms. The topological polar surface area (TPSA) is 114 Å². The fourth-order valence-corrected chi connectivity index (χ4v) is 13.7. The van der Waals surface area contributed by atoms with Crippen molar-refractivity contribution < 1.29 is 29.2 Å². The van der Waals surface area contributed by atoms with Crippen LogP contribution in [0.3, 0.4) is 0 Å². The van der Waals surface area contributed by atoms with Gasteiger partial charge in [-0.1, -0.05) is 41.0 Å². The summed E-state index contributed by atoms with van der Waals surface area (Å²) < 4.78 is 19.6. The monoisotopic (exact) mass is 642 g/mol. The number of carbonyl (C=O) groups excluding carboxylic acids is 1. The van der Waals surface area contributed by atoms with Crippen molar-refractivity contribution in [2.24, 2.45) is 57.0 Å². The SMILES string of the molecule is CCC[C@@H](O)C1C[C@@H](C)[C@H]2C(O1)[C@H](O)[C@@]1(N)C3CC[C@H]4C(C)(C)[C@@H](O[C@H]5CN(C(=O)CC6CC6)CCO5)CC[C@@]45CC35CC[C@]21C. The first kappa shape index (κ1) is 32.4. The van der Waals surface area contributed by atoms with Gasteiger partial charge in [-0.3, -0.25) is 4.79 Å². The van der Waals surface area contributed by atoms with Crippen molar-refractivity contribution in [3.63, 3.8) is 0 Å². The standard InChI is InChI=1S/C38H62N2O6/c1-6-7-24(41)25-18-22(2)31-32(45-25)33(43)38(39)27-11-10-26-34(3,4)28(12-13-36(26)21-37(27,36)15-14-35(31,38)5)46-30-20-40(16-17-44-30)29(42)19-23-8-9-23/h22-28,30-33,41,43H,6-21,39H2,1-5H3/t22-,24-,25?,26+,27?,28+,30+,31+,32?,33+,35-,36-,37?,38+/m1/s1. The van der Waals surface area contributed by atoms with Gasteiger partial charge in [0.1, 0.15) is 0 Å². The third kappa shape index (κ3) is 4.34. The summed E-state index contributed by atoms with van der Waals surface area (Å²) in [6, 6.07) is 0. The third-order valence-corrected chi connectivity index (χ3v) is 16.1. The summed E-state index contributed by atoms with van der Waals surface area (Å²) in [6.45, 7) is 13.4. The van der Waals surface area contributed by atoms with Gasteiger partial charge in [-0.05, 0) is 122 Å². The number of amides is 1. The molecule has 14 atom stereocenters. The van der Waals surface area contributed by atoms with Crippen molar-refractivity contribution in [1.82, 2.24) is 4.90 Å². The molecule has 2 saturated heterocycles. The second-order valence-corrected chi connectivity index (χ2v) is 18.5. The number of carbonyl (C=O) groups is 1. The molecule has 0 aromatic heterocycles. The highest BCUT2D eigenvalue weighted by Crippen LogP contribution is 2.87. The smallest absolute Gasteiger partial charge is 0.223 e. The second-order valence-electron chi connectivity index (χ2n) is 18.5. The van der Waals surface area contributed by atoms with Gasteiger partial charge in [0.25, 0.3) is 0 Å². The van der Waals surface area contributed by atoms with Crippen LogP contribution in [0.2, 0.25) is 0 Å². The summed E-state index contributed by atoms with van der Waals surface area (Å²) in [7, 11) is 0. The zero-order valence-electron chi connectivity index (χ0n) is 29.2. The van der Waals surface area contributed by atoms with Gasteiger partial charge in [-0.15, -0.1) is 0 Å². The molecule has 2 heterocycles. The normalized spacial score (nSPS) is 52.9. The first-order chi connectivity index (χ1) is 21.8. The Labute approximate surface area is 276 Å². The van der Waals surface area contributed by atoms with E-state index in [1.807, 2.05) is 4.90 Å². The molecular weight excluding hydrogens is 580 g/mol. The lowest BCUT2D eigenvalue weighted by molar-refractivity contribution is -0.245. The van der Waals surface area contributed by atoms with Gasteiger partial charge in [0.15, 0.2) is 6.29 Å². The van der Waals surface area contributed by atoms with Crippen molar-refractivity contribution in [2.75, 3.05) is 19.7 Å². The number of nitrogens with two attached hydrogens (primary N) is 1. The lowest BCUT2D eigenvalue weighted by Gasteiger charge is -2.63. The Kier molecular flexibility index (Phi) is 7.66. The summed E-state index contributed by atoms with van der Waals surface area (Å²) in [5, 5.41) is 23.2. The van der Waals surface area contributed by atoms with Gasteiger partial charge in [0.05, 0.1) is 49.2 Å². The Morgan fingerprint density at radius 1 is 1.07 bits per heavy atom. The number of rotatable bonds is 7. The lowest BCUT2D eigenvalue weighted by atomic mass is 9.43. The van der Waals surface area contributed by atoms with Gasteiger partial charge in [0, 0.05) is 13.0 Å². The van der Waals surface area contributed by atoms with Gasteiger partial charge >= 0.3 is 0 Å². The summed E-state index contributed by atoms with van der Waals surface area (Å²) in [5.41, 5.74) is 7.31. The van der Waals surface area contributed by atoms with Crippen LogP contribution in [0.4, 0.5) is 0 Å². The van der Waals surface area contributed by atoms with E-state index in [2.05, 4.69) is 34.6 Å². The van der Waals surface area contributed by atoms with E-state index >= 15 is 0 Å². The number of morpholine rings is 1. The van der Waals surface area contributed by atoms with Crippen LogP contribution in [0.25, 0.3) is 0 Å². The summed E-state index contributed by atoms with van der Waals surface area (Å²) in [4.78, 5) is 14.9. The number of fused-ring (bicyclic) bond motifs is 4. The molecular formula is C38H62N2O6. The summed E-state index contributed by atoms with van der Waals surface area (Å²) in [6.07, 6.45) is 11.4. The predicted octanol–water partition coefficient (Wildman–Crippen LogP) is 5.02. The van der Waals surface area contributed by atoms with E-state index in [1.165, 1.54) is 25.7 Å². The Morgan fingerprint density at radius 2 is 1.80 bits per heavy atom. The molecule has 8 nitrogen and oxygen atoms in total. The van der Waals surface area contributed by atoms with Gasteiger partial charge < -0.3 is 35.1 Å². The van der Waals surface area contributed by atoms with Crippen molar-refractivity contribution >= 4 is 5.91 Å². The molecule has 46 heavy (non-hydrogen) atoms. The van der Waals surface area contributed by atoms with E-state index in [0.29, 0.717) is 43.9 Å². The van der Waals surface area contributed by atoms with Gasteiger partial charge in [-0.25, -0.2) is 0 Å². The van der Waals surface area contributed by atoms with Crippen LogP contribution in [0.5, 0.6) is 0 Å². The molecule has 8 aliphatic rings. The number of hydrogen-bond acceptors (Lipinski definition) is 7. The van der Waals surface area contributed by atoms with Crippen molar-refractivity contribution in [1.29, 1.82) is 0 Å². The average molecular weight is 643 g/mol. The molecule has 6 saturated carbocycles. The molecule has 8 heteroatoms. The number of hydrogen-bond donors (Lipinski definition) is 3. The Hall–Kier alpha value is -0.770. The predicted molar refractivity (Wildman–Crippen MR) is 174 cm³/mol. The van der Waals surface area contributed by atoms with Crippen LogP contribution >= 0.6 is 0 Å². The zero-order chi connectivity index (χ0) is 32.4. The maximum Gasteiger partial charge on any atom is 0.223 e. The fourth-order valence-electron chi connectivity index (χ4n) is 13.7. The number of aliphatic hydroxyl groups is 2. The fraction of sp³-hybridized carbons (Fsp3) is 0.974. The molecule has 8 rings (SSSR count). The van der Waals surface area contributed by atoms with Gasteiger partial charge in [-0.2, -0.15) is 0 Å². The van der Waals surface area contributed by atoms with Crippen LogP contribution in [0.15, 0.2) is 0 Å². The molecule has 2 aliphatic heterocycles. The Balaban J connectivity index is 1.00. The van der Waals surface area contributed by atoms with E-state index in [9.17, 15) is 15.0 Å². The van der Waals surface area contributed by atoms with Crippen LogP contribution < -0.4 is 5.73 Å². The first-order valence-electron chi connectivity index (χ1n) is 19.2. The highest BCUT2D eigenvalue weighted by Gasteiger charge is 2.85. The minimum atomic E-state index is -0.709. The van der Waals surface area contributed by atoms with Crippen LogP contribution in [-0.2, 0) is 19.0 Å². The highest BCUT2D eigenvalue weighted by molar-refractivity contribution is 5.76. The largest absolute Gasteiger partial charge is 0.390 e. The molecule has 0 bridgehead atoms. The molecule has 0 aromatic carbocycles. The van der Waals surface area contributed by atoms with E-state index in [1.54, 1.807) is 0 Å². The Bertz CT molecular complexity index is 1210. The first-order valence-corrected chi connectivity index (χ1v) is 19.2. The molecule has 6 aliphatic carbocycles. The molecule has 0 radical (unpaired) electrons. The molecule has 4 N–H and O–H groups in total. The van der Waals surface area contributed by atoms with E-state index in [-0.39, 0.29) is 64.0 Å².